The largest absolute Gasteiger partial charge is 0.493 e. The van der Waals surface area contributed by atoms with Crippen LogP contribution in [0.25, 0.3) is 0 Å². The average molecular weight is 370 g/mol. The summed E-state index contributed by atoms with van der Waals surface area (Å²) < 4.78 is 10.9. The van der Waals surface area contributed by atoms with E-state index in [9.17, 15) is 4.79 Å². The van der Waals surface area contributed by atoms with Gasteiger partial charge in [0.15, 0.2) is 18.1 Å². The van der Waals surface area contributed by atoms with Crippen LogP contribution in [0, 0.1) is 12.8 Å². The highest BCUT2D eigenvalue weighted by Crippen LogP contribution is 2.27. The number of anilines is 2. The molecule has 3 rings (SSSR count). The Morgan fingerprint density at radius 2 is 2.00 bits per heavy atom. The molecule has 1 aromatic heterocycles. The molecule has 7 nitrogen and oxygen atoms in total. The molecule has 0 bridgehead atoms. The third-order valence-electron chi connectivity index (χ3n) is 4.71. The Bertz CT molecular complexity index is 789. The number of benzene rings is 1. The Kier molecular flexibility index (Phi) is 6.11. The maximum absolute atomic E-state index is 12.2. The lowest BCUT2D eigenvalue weighted by Gasteiger charge is -2.31. The van der Waals surface area contributed by atoms with E-state index in [0.717, 1.165) is 43.2 Å². The third kappa shape index (κ3) is 5.09. The summed E-state index contributed by atoms with van der Waals surface area (Å²) in [5.74, 6) is 2.92. The van der Waals surface area contributed by atoms with E-state index in [-0.39, 0.29) is 12.5 Å². The number of rotatable bonds is 6. The number of amides is 1. The molecule has 0 atom stereocenters. The second kappa shape index (κ2) is 8.70. The maximum atomic E-state index is 12.2. The van der Waals surface area contributed by atoms with Crippen LogP contribution in [-0.2, 0) is 4.79 Å². The van der Waals surface area contributed by atoms with E-state index < -0.39 is 0 Å². The van der Waals surface area contributed by atoms with E-state index >= 15 is 0 Å². The summed E-state index contributed by atoms with van der Waals surface area (Å²) in [6, 6.07) is 7.37. The molecule has 1 aromatic carbocycles. The van der Waals surface area contributed by atoms with Crippen LogP contribution in [-0.4, -0.2) is 42.7 Å². The highest BCUT2D eigenvalue weighted by molar-refractivity contribution is 5.91. The van der Waals surface area contributed by atoms with E-state index in [2.05, 4.69) is 27.1 Å². The van der Waals surface area contributed by atoms with E-state index in [4.69, 9.17) is 9.47 Å². The predicted octanol–water partition coefficient (Wildman–Crippen LogP) is 3.05. The molecule has 1 fully saturated rings. The number of nitrogens with zero attached hydrogens (tertiary/aromatic N) is 3. The van der Waals surface area contributed by atoms with Crippen LogP contribution < -0.4 is 19.7 Å². The van der Waals surface area contributed by atoms with Crippen molar-refractivity contribution in [3.05, 3.63) is 36.2 Å². The molecular formula is C20H26N4O3. The van der Waals surface area contributed by atoms with Gasteiger partial charge >= 0.3 is 0 Å². The summed E-state index contributed by atoms with van der Waals surface area (Å²) in [6.45, 7) is 6.06. The first-order chi connectivity index (χ1) is 13.0. The molecule has 1 aliphatic heterocycles. The van der Waals surface area contributed by atoms with Gasteiger partial charge in [0.2, 0.25) is 0 Å². The number of piperidine rings is 1. The quantitative estimate of drug-likeness (QED) is 0.842. The molecule has 144 valence electrons. The van der Waals surface area contributed by atoms with Crippen molar-refractivity contribution < 1.29 is 14.3 Å². The number of nitrogens with one attached hydrogen (secondary N) is 1. The van der Waals surface area contributed by atoms with Crippen molar-refractivity contribution in [2.24, 2.45) is 5.92 Å². The fraction of sp³-hybridized carbons (Fsp3) is 0.450. The molecule has 0 unspecified atom stereocenters. The molecule has 0 aliphatic carbocycles. The molecule has 27 heavy (non-hydrogen) atoms. The van der Waals surface area contributed by atoms with Crippen LogP contribution in [0.3, 0.4) is 0 Å². The lowest BCUT2D eigenvalue weighted by Crippen LogP contribution is -2.33. The summed E-state index contributed by atoms with van der Waals surface area (Å²) in [5.41, 5.74) is 1.06. The summed E-state index contributed by atoms with van der Waals surface area (Å²) >= 11 is 0. The summed E-state index contributed by atoms with van der Waals surface area (Å²) in [5, 5.41) is 2.77. The summed E-state index contributed by atoms with van der Waals surface area (Å²) in [7, 11) is 1.57. The van der Waals surface area contributed by atoms with Crippen molar-refractivity contribution in [3.8, 4) is 11.5 Å². The number of methoxy groups -OCH3 is 1. The number of ether oxygens (including phenoxy) is 2. The van der Waals surface area contributed by atoms with Gasteiger partial charge in [0.05, 0.1) is 7.11 Å². The SMILES string of the molecule is COc1cc(C)ccc1OCC(=O)Nc1cc(N2CCC(C)CC2)ncn1. The first-order valence-corrected chi connectivity index (χ1v) is 9.19. The Morgan fingerprint density at radius 3 is 2.74 bits per heavy atom. The van der Waals surface area contributed by atoms with Crippen molar-refractivity contribution in [2.45, 2.75) is 26.7 Å². The number of hydrogen-bond acceptors (Lipinski definition) is 6. The number of carbonyl (C=O) groups excluding carboxylic acids is 1. The zero-order valence-electron chi connectivity index (χ0n) is 16.1. The van der Waals surface area contributed by atoms with Gasteiger partial charge in [-0.1, -0.05) is 13.0 Å². The lowest BCUT2D eigenvalue weighted by atomic mass is 9.99. The molecule has 7 heteroatoms. The standard InChI is InChI=1S/C20H26N4O3/c1-14-6-8-24(9-7-14)19-11-18(21-13-22-19)23-20(25)12-27-16-5-4-15(2)10-17(16)26-3/h4-5,10-11,13-14H,6-9,12H2,1-3H3,(H,21,22,23,25). The van der Waals surface area contributed by atoms with Crippen molar-refractivity contribution in [1.82, 2.24) is 9.97 Å². The minimum atomic E-state index is -0.283. The van der Waals surface area contributed by atoms with Crippen molar-refractivity contribution >= 4 is 17.5 Å². The molecule has 1 aliphatic rings. The van der Waals surface area contributed by atoms with E-state index in [0.29, 0.717) is 17.3 Å². The Balaban J connectivity index is 1.57. The molecule has 0 spiro atoms. The second-order valence-corrected chi connectivity index (χ2v) is 6.92. The van der Waals surface area contributed by atoms with Gasteiger partial charge in [0, 0.05) is 19.2 Å². The lowest BCUT2D eigenvalue weighted by molar-refractivity contribution is -0.118. The monoisotopic (exact) mass is 370 g/mol. The zero-order chi connectivity index (χ0) is 19.2. The molecule has 0 radical (unpaired) electrons. The van der Waals surface area contributed by atoms with Crippen molar-refractivity contribution in [2.75, 3.05) is 37.0 Å². The number of aryl methyl sites for hydroxylation is 1. The minimum Gasteiger partial charge on any atom is -0.493 e. The van der Waals surface area contributed by atoms with Crippen LogP contribution in [0.2, 0.25) is 0 Å². The molecule has 1 N–H and O–H groups in total. The molecule has 2 heterocycles. The Labute approximate surface area is 159 Å². The fourth-order valence-corrected chi connectivity index (χ4v) is 3.04. The van der Waals surface area contributed by atoms with Gasteiger partial charge in [-0.05, 0) is 43.4 Å². The van der Waals surface area contributed by atoms with Crippen molar-refractivity contribution in [1.29, 1.82) is 0 Å². The van der Waals surface area contributed by atoms with Gasteiger partial charge in [-0.25, -0.2) is 9.97 Å². The summed E-state index contributed by atoms with van der Waals surface area (Å²) in [4.78, 5) is 22.9. The molecule has 1 amide bonds. The smallest absolute Gasteiger partial charge is 0.263 e. The van der Waals surface area contributed by atoms with E-state index in [1.807, 2.05) is 19.1 Å². The highest BCUT2D eigenvalue weighted by atomic mass is 16.5. The highest BCUT2D eigenvalue weighted by Gasteiger charge is 2.17. The summed E-state index contributed by atoms with van der Waals surface area (Å²) in [6.07, 6.45) is 3.78. The van der Waals surface area contributed by atoms with Crippen molar-refractivity contribution in [3.63, 3.8) is 0 Å². The zero-order valence-corrected chi connectivity index (χ0v) is 16.1. The molecule has 2 aromatic rings. The van der Waals surface area contributed by atoms with Crippen LogP contribution in [0.1, 0.15) is 25.3 Å². The minimum absolute atomic E-state index is 0.125. The number of aromatic nitrogens is 2. The van der Waals surface area contributed by atoms with Crippen LogP contribution in [0.5, 0.6) is 11.5 Å². The second-order valence-electron chi connectivity index (χ2n) is 6.92. The van der Waals surface area contributed by atoms with Gasteiger partial charge in [0.25, 0.3) is 5.91 Å². The topological polar surface area (TPSA) is 76.6 Å². The molecule has 0 saturated carbocycles. The van der Waals surface area contributed by atoms with Gasteiger partial charge in [-0.3, -0.25) is 4.79 Å². The van der Waals surface area contributed by atoms with Gasteiger partial charge in [-0.2, -0.15) is 0 Å². The van der Waals surface area contributed by atoms with Gasteiger partial charge < -0.3 is 19.7 Å². The normalized spacial score (nSPS) is 14.7. The predicted molar refractivity (Wildman–Crippen MR) is 104 cm³/mol. The average Bonchev–Trinajstić information content (AvgIpc) is 2.67. The molecule has 1 saturated heterocycles. The third-order valence-corrected chi connectivity index (χ3v) is 4.71. The molecular weight excluding hydrogens is 344 g/mol. The van der Waals surface area contributed by atoms with Gasteiger partial charge in [0.1, 0.15) is 18.0 Å². The van der Waals surface area contributed by atoms with Crippen LogP contribution in [0.4, 0.5) is 11.6 Å². The Morgan fingerprint density at radius 1 is 1.22 bits per heavy atom. The maximum Gasteiger partial charge on any atom is 0.263 e. The first-order valence-electron chi connectivity index (χ1n) is 9.19. The Hall–Kier alpha value is -2.83. The van der Waals surface area contributed by atoms with E-state index in [1.165, 1.54) is 6.33 Å². The van der Waals surface area contributed by atoms with E-state index in [1.54, 1.807) is 19.2 Å². The number of carbonyl (C=O) groups is 1. The van der Waals surface area contributed by atoms with Crippen LogP contribution in [0.15, 0.2) is 30.6 Å². The first kappa shape index (κ1) is 18.9. The van der Waals surface area contributed by atoms with Crippen LogP contribution >= 0.6 is 0 Å². The number of hydrogen-bond donors (Lipinski definition) is 1. The fourth-order valence-electron chi connectivity index (χ4n) is 3.04. The van der Waals surface area contributed by atoms with Gasteiger partial charge in [-0.15, -0.1) is 0 Å².